The molecule has 0 spiro atoms. The zero-order valence-corrected chi connectivity index (χ0v) is 22.7. The number of para-hydroxylation sites is 1. The molecule has 200 valence electrons. The normalized spacial score (nSPS) is 21.2. The van der Waals surface area contributed by atoms with E-state index in [4.69, 9.17) is 14.7 Å². The van der Waals surface area contributed by atoms with E-state index in [-0.39, 0.29) is 1.43 Å². The highest BCUT2D eigenvalue weighted by atomic mass is 16.5. The minimum Gasteiger partial charge on any atom is -0.378 e. The van der Waals surface area contributed by atoms with Gasteiger partial charge in [-0.05, 0) is 74.2 Å². The SMILES string of the molecule is CCC(c1nc(N(C)C)c2ccccc2n1)C1CCC(CNCc2ccc(N3CCOCC3)nc2)CC1.[HH]. The van der Waals surface area contributed by atoms with Crippen LogP contribution in [0, 0.1) is 11.8 Å². The van der Waals surface area contributed by atoms with Crippen LogP contribution in [-0.4, -0.2) is 61.9 Å². The molecule has 1 aromatic carbocycles. The van der Waals surface area contributed by atoms with Gasteiger partial charge in [0.15, 0.2) is 0 Å². The molecule has 1 atom stereocenters. The van der Waals surface area contributed by atoms with Crippen molar-refractivity contribution < 1.29 is 6.16 Å². The number of rotatable bonds is 9. The molecule has 0 radical (unpaired) electrons. The zero-order valence-electron chi connectivity index (χ0n) is 22.7. The molecule has 7 heteroatoms. The van der Waals surface area contributed by atoms with Crippen molar-refractivity contribution in [2.75, 3.05) is 56.7 Å². The first kappa shape index (κ1) is 25.9. The molecule has 1 saturated heterocycles. The molecule has 2 fully saturated rings. The average molecular weight is 505 g/mol. The van der Waals surface area contributed by atoms with Crippen molar-refractivity contribution in [2.45, 2.75) is 51.5 Å². The monoisotopic (exact) mass is 504 g/mol. The molecule has 37 heavy (non-hydrogen) atoms. The Morgan fingerprint density at radius 3 is 2.54 bits per heavy atom. The van der Waals surface area contributed by atoms with Gasteiger partial charge in [0.1, 0.15) is 17.5 Å². The third-order valence-electron chi connectivity index (χ3n) is 8.16. The van der Waals surface area contributed by atoms with Gasteiger partial charge in [-0.15, -0.1) is 0 Å². The van der Waals surface area contributed by atoms with Crippen molar-refractivity contribution in [3.63, 3.8) is 0 Å². The first-order chi connectivity index (χ1) is 18.1. The fraction of sp³-hybridized carbons (Fsp3) is 0.567. The van der Waals surface area contributed by atoms with E-state index in [1.165, 1.54) is 31.2 Å². The van der Waals surface area contributed by atoms with Gasteiger partial charge < -0.3 is 19.9 Å². The third kappa shape index (κ3) is 6.21. The summed E-state index contributed by atoms with van der Waals surface area (Å²) in [6.07, 6.45) is 8.17. The Morgan fingerprint density at radius 1 is 1.05 bits per heavy atom. The molecular weight excluding hydrogens is 460 g/mol. The summed E-state index contributed by atoms with van der Waals surface area (Å²) < 4.78 is 5.45. The lowest BCUT2D eigenvalue weighted by Crippen LogP contribution is -2.36. The molecule has 1 aliphatic carbocycles. The first-order valence-corrected chi connectivity index (χ1v) is 14.0. The number of nitrogens with zero attached hydrogens (tertiary/aromatic N) is 5. The molecule has 0 bridgehead atoms. The molecule has 2 aromatic heterocycles. The van der Waals surface area contributed by atoms with E-state index in [2.05, 4.69) is 77.5 Å². The van der Waals surface area contributed by atoms with Crippen LogP contribution in [0.2, 0.25) is 0 Å². The number of pyridine rings is 1. The van der Waals surface area contributed by atoms with Gasteiger partial charge in [-0.2, -0.15) is 0 Å². The Labute approximate surface area is 223 Å². The molecule has 2 aliphatic rings. The summed E-state index contributed by atoms with van der Waals surface area (Å²) in [5.41, 5.74) is 2.31. The van der Waals surface area contributed by atoms with Crippen LogP contribution in [0.5, 0.6) is 0 Å². The maximum Gasteiger partial charge on any atom is 0.139 e. The maximum absolute atomic E-state index is 5.45. The number of benzene rings is 1. The molecule has 3 aromatic rings. The van der Waals surface area contributed by atoms with Gasteiger partial charge in [-0.1, -0.05) is 25.1 Å². The van der Waals surface area contributed by atoms with Crippen molar-refractivity contribution in [3.8, 4) is 0 Å². The van der Waals surface area contributed by atoms with E-state index < -0.39 is 0 Å². The topological polar surface area (TPSA) is 66.4 Å². The predicted molar refractivity (Wildman–Crippen MR) is 153 cm³/mol. The summed E-state index contributed by atoms with van der Waals surface area (Å²) in [4.78, 5) is 19.2. The van der Waals surface area contributed by atoms with Crippen LogP contribution in [0.4, 0.5) is 11.6 Å². The van der Waals surface area contributed by atoms with Crippen LogP contribution in [0.25, 0.3) is 10.9 Å². The lowest BCUT2D eigenvalue weighted by atomic mass is 9.74. The highest BCUT2D eigenvalue weighted by Crippen LogP contribution is 2.40. The minimum atomic E-state index is 0. The van der Waals surface area contributed by atoms with Crippen molar-refractivity contribution in [1.29, 1.82) is 0 Å². The van der Waals surface area contributed by atoms with Gasteiger partial charge in [0.25, 0.3) is 0 Å². The smallest absolute Gasteiger partial charge is 0.139 e. The maximum atomic E-state index is 5.45. The lowest BCUT2D eigenvalue weighted by Gasteiger charge is -2.33. The summed E-state index contributed by atoms with van der Waals surface area (Å²) in [5, 5.41) is 4.83. The van der Waals surface area contributed by atoms with Gasteiger partial charge in [-0.3, -0.25) is 0 Å². The van der Waals surface area contributed by atoms with Crippen LogP contribution < -0.4 is 15.1 Å². The summed E-state index contributed by atoms with van der Waals surface area (Å²) in [6, 6.07) is 12.7. The Bertz CT molecular complexity index is 1140. The number of hydrogen-bond acceptors (Lipinski definition) is 7. The number of anilines is 2. The van der Waals surface area contributed by atoms with Gasteiger partial charge in [0.05, 0.1) is 18.7 Å². The van der Waals surface area contributed by atoms with E-state index in [9.17, 15) is 0 Å². The van der Waals surface area contributed by atoms with Gasteiger partial charge in [-0.25, -0.2) is 15.0 Å². The predicted octanol–water partition coefficient (Wildman–Crippen LogP) is 5.26. The molecule has 1 unspecified atom stereocenters. The van der Waals surface area contributed by atoms with Crippen LogP contribution in [0.15, 0.2) is 42.6 Å². The van der Waals surface area contributed by atoms with Crippen LogP contribution in [0.1, 0.15) is 57.8 Å². The van der Waals surface area contributed by atoms with Crippen LogP contribution >= 0.6 is 0 Å². The molecular formula is C30H44N6O. The Morgan fingerprint density at radius 2 is 1.84 bits per heavy atom. The van der Waals surface area contributed by atoms with Crippen molar-refractivity contribution in [3.05, 3.63) is 54.0 Å². The summed E-state index contributed by atoms with van der Waals surface area (Å²) >= 11 is 0. The first-order valence-electron chi connectivity index (χ1n) is 14.0. The Kier molecular flexibility index (Phi) is 8.52. The second-order valence-corrected chi connectivity index (χ2v) is 10.9. The third-order valence-corrected chi connectivity index (χ3v) is 8.16. The van der Waals surface area contributed by atoms with Gasteiger partial charge in [0.2, 0.25) is 0 Å². The Balaban J connectivity index is 0.00000336. The molecule has 5 rings (SSSR count). The number of aromatic nitrogens is 3. The van der Waals surface area contributed by atoms with Crippen molar-refractivity contribution in [1.82, 2.24) is 20.3 Å². The molecule has 3 heterocycles. The number of ether oxygens (including phenoxy) is 1. The Hall–Kier alpha value is -2.77. The zero-order chi connectivity index (χ0) is 25.6. The molecule has 1 aliphatic heterocycles. The molecule has 1 saturated carbocycles. The second kappa shape index (κ2) is 12.2. The van der Waals surface area contributed by atoms with Crippen molar-refractivity contribution in [2.24, 2.45) is 11.8 Å². The van der Waals surface area contributed by atoms with E-state index in [1.807, 2.05) is 6.20 Å². The fourth-order valence-corrected chi connectivity index (χ4v) is 6.03. The van der Waals surface area contributed by atoms with E-state index >= 15 is 0 Å². The molecule has 1 N–H and O–H groups in total. The molecule has 0 amide bonds. The van der Waals surface area contributed by atoms with Crippen LogP contribution in [0.3, 0.4) is 0 Å². The van der Waals surface area contributed by atoms with E-state index in [0.717, 1.165) is 80.1 Å². The second-order valence-electron chi connectivity index (χ2n) is 10.9. The summed E-state index contributed by atoms with van der Waals surface area (Å²) in [6.45, 7) is 7.69. The van der Waals surface area contributed by atoms with E-state index in [1.54, 1.807) is 0 Å². The lowest BCUT2D eigenvalue weighted by molar-refractivity contribution is 0.122. The summed E-state index contributed by atoms with van der Waals surface area (Å²) in [5.74, 6) is 4.94. The van der Waals surface area contributed by atoms with Crippen molar-refractivity contribution >= 4 is 22.5 Å². The quantitative estimate of drug-likeness (QED) is 0.426. The largest absolute Gasteiger partial charge is 0.378 e. The minimum absolute atomic E-state index is 0. The number of hydrogen-bond donors (Lipinski definition) is 1. The van der Waals surface area contributed by atoms with Crippen LogP contribution in [-0.2, 0) is 11.3 Å². The number of nitrogens with one attached hydrogen (secondary N) is 1. The molecule has 7 nitrogen and oxygen atoms in total. The number of morpholine rings is 1. The summed E-state index contributed by atoms with van der Waals surface area (Å²) in [7, 11) is 4.15. The standard InChI is InChI=1S/C30H42N6O.H2/c1-4-25(29-33-27-8-6-5-7-26(27)30(34-29)35(2)3)24-12-9-22(10-13-24)19-31-20-23-11-14-28(32-21-23)36-15-17-37-18-16-36;/h5-8,11,14,21-22,24-25,31H,4,9-10,12-13,15-20H2,1-3H3;1H. The van der Waals surface area contributed by atoms with E-state index in [0.29, 0.717) is 11.8 Å². The average Bonchev–Trinajstić information content (AvgIpc) is 2.94. The van der Waals surface area contributed by atoms with Gasteiger partial charge >= 0.3 is 0 Å². The highest BCUT2D eigenvalue weighted by molar-refractivity contribution is 5.89. The number of fused-ring (bicyclic) bond motifs is 1. The van der Waals surface area contributed by atoms with Gasteiger partial charge in [0, 0.05) is 52.7 Å². The fourth-order valence-electron chi connectivity index (χ4n) is 6.03. The highest BCUT2D eigenvalue weighted by Gasteiger charge is 2.30.